The first-order chi connectivity index (χ1) is 18.7. The molecule has 5 rings (SSSR count). The third-order valence-electron chi connectivity index (χ3n) is 7.20. The first-order valence-corrected chi connectivity index (χ1v) is 12.9. The van der Waals surface area contributed by atoms with Crippen LogP contribution in [0.3, 0.4) is 0 Å². The molecule has 40 heavy (non-hydrogen) atoms. The van der Waals surface area contributed by atoms with Gasteiger partial charge >= 0.3 is 0 Å². The van der Waals surface area contributed by atoms with Gasteiger partial charge in [0, 0.05) is 42.7 Å². The van der Waals surface area contributed by atoms with Crippen molar-refractivity contribution in [1.82, 2.24) is 40.2 Å². The number of carbonyl (C=O) groups is 1. The summed E-state index contributed by atoms with van der Waals surface area (Å²) in [7, 11) is 1.58. The van der Waals surface area contributed by atoms with E-state index in [0.717, 1.165) is 41.8 Å². The van der Waals surface area contributed by atoms with Crippen LogP contribution in [0.2, 0.25) is 0 Å². The predicted molar refractivity (Wildman–Crippen MR) is 146 cm³/mol. The lowest BCUT2D eigenvalue weighted by Gasteiger charge is -2.38. The number of methoxy groups -OCH3 is 1. The molecule has 0 saturated heterocycles. The van der Waals surface area contributed by atoms with Crippen LogP contribution in [-0.4, -0.2) is 59.0 Å². The zero-order valence-electron chi connectivity index (χ0n) is 22.9. The zero-order chi connectivity index (χ0) is 27.6. The summed E-state index contributed by atoms with van der Waals surface area (Å²) in [5, 5.41) is 17.4. The number of hydrogen-bond donors (Lipinski definition) is 3. The van der Waals surface area contributed by atoms with Gasteiger partial charge in [0.2, 0.25) is 0 Å². The van der Waals surface area contributed by atoms with Crippen LogP contribution in [0.25, 0.3) is 5.82 Å². The molecule has 1 saturated carbocycles. The van der Waals surface area contributed by atoms with E-state index < -0.39 is 11.4 Å². The number of aromatic amines is 1. The van der Waals surface area contributed by atoms with Crippen LogP contribution < -0.4 is 10.6 Å². The number of pyridine rings is 1. The summed E-state index contributed by atoms with van der Waals surface area (Å²) < 4.78 is 20.5. The number of amides is 1. The summed E-state index contributed by atoms with van der Waals surface area (Å²) in [6, 6.07) is 7.08. The van der Waals surface area contributed by atoms with Crippen molar-refractivity contribution in [3.63, 3.8) is 0 Å². The van der Waals surface area contributed by atoms with Gasteiger partial charge in [-0.3, -0.25) is 9.89 Å². The molecule has 0 radical (unpaired) electrons. The molecular formula is C27H34FN9O3. The monoisotopic (exact) mass is 551 g/mol. The molecule has 4 aromatic heterocycles. The summed E-state index contributed by atoms with van der Waals surface area (Å²) in [5.41, 5.74) is 1.71. The minimum atomic E-state index is -0.928. The molecule has 13 heteroatoms. The Bertz CT molecular complexity index is 1450. The third kappa shape index (κ3) is 6.15. The number of H-pyrrole nitrogens is 1. The number of anilines is 2. The van der Waals surface area contributed by atoms with Crippen LogP contribution in [0, 0.1) is 19.7 Å². The number of carbonyl (C=O) groups excluding carboxylic acids is 1. The topological polar surface area (TPSA) is 167 Å². The van der Waals surface area contributed by atoms with Crippen molar-refractivity contribution >= 4 is 17.5 Å². The highest BCUT2D eigenvalue weighted by molar-refractivity contribution is 5.85. The second-order valence-electron chi connectivity index (χ2n) is 10.0. The Balaban J connectivity index is 0.00000370. The van der Waals surface area contributed by atoms with Crippen molar-refractivity contribution in [2.75, 3.05) is 12.4 Å². The van der Waals surface area contributed by atoms with E-state index >= 15 is 0 Å². The first kappa shape index (κ1) is 28.8. The van der Waals surface area contributed by atoms with E-state index in [-0.39, 0.29) is 23.3 Å². The van der Waals surface area contributed by atoms with E-state index in [0.29, 0.717) is 30.3 Å². The minimum absolute atomic E-state index is 0. The fraction of sp³-hybridized carbons (Fsp3) is 0.407. The largest absolute Gasteiger partial charge is 0.412 e. The van der Waals surface area contributed by atoms with Crippen molar-refractivity contribution in [3.8, 4) is 5.82 Å². The maximum Gasteiger partial charge on any atom is 0.252 e. The van der Waals surface area contributed by atoms with Crippen LogP contribution in [-0.2, 0) is 9.53 Å². The van der Waals surface area contributed by atoms with E-state index in [2.05, 4.69) is 35.9 Å². The lowest BCUT2D eigenvalue weighted by Crippen LogP contribution is -2.50. The van der Waals surface area contributed by atoms with Crippen LogP contribution in [0.15, 0.2) is 42.9 Å². The SMILES string of the molecule is COC1(C(=O)N[C@@H](C)c2ccc(-n3cc(F)cn3)nc2)CCC(c2nc(C)cc(Nc3cc(C)[nH]n3)n2)CC1.O. The zero-order valence-corrected chi connectivity index (χ0v) is 22.9. The van der Waals surface area contributed by atoms with E-state index in [1.165, 1.54) is 10.9 Å². The molecule has 4 aromatic rings. The summed E-state index contributed by atoms with van der Waals surface area (Å²) in [6.07, 6.45) is 6.57. The molecule has 12 nitrogen and oxygen atoms in total. The molecule has 4 heterocycles. The van der Waals surface area contributed by atoms with Gasteiger partial charge in [-0.2, -0.15) is 10.2 Å². The quantitative estimate of drug-likeness (QED) is 0.300. The van der Waals surface area contributed by atoms with Crippen molar-refractivity contribution in [2.45, 2.75) is 64.0 Å². The van der Waals surface area contributed by atoms with E-state index in [1.54, 1.807) is 19.4 Å². The Morgan fingerprint density at radius 1 is 1.18 bits per heavy atom. The number of hydrogen-bond acceptors (Lipinski definition) is 8. The average molecular weight is 552 g/mol. The Morgan fingerprint density at radius 2 is 1.95 bits per heavy atom. The van der Waals surface area contributed by atoms with Crippen LogP contribution in [0.4, 0.5) is 16.0 Å². The van der Waals surface area contributed by atoms with Gasteiger partial charge in [0.1, 0.15) is 17.2 Å². The van der Waals surface area contributed by atoms with Gasteiger partial charge in [-0.25, -0.2) is 24.0 Å². The molecule has 0 unspecified atom stereocenters. The normalized spacial score (nSPS) is 19.5. The number of nitrogens with zero attached hydrogens (tertiary/aromatic N) is 6. The highest BCUT2D eigenvalue weighted by atomic mass is 19.1. The maximum atomic E-state index is 13.4. The molecule has 1 amide bonds. The van der Waals surface area contributed by atoms with Crippen LogP contribution in [0.1, 0.15) is 67.3 Å². The van der Waals surface area contributed by atoms with Crippen LogP contribution in [0.5, 0.6) is 0 Å². The minimum Gasteiger partial charge on any atom is -0.412 e. The maximum absolute atomic E-state index is 13.4. The van der Waals surface area contributed by atoms with E-state index in [1.807, 2.05) is 39.0 Å². The Labute approximate surface area is 231 Å². The second kappa shape index (κ2) is 11.9. The van der Waals surface area contributed by atoms with E-state index in [9.17, 15) is 9.18 Å². The lowest BCUT2D eigenvalue weighted by atomic mass is 9.77. The number of halogens is 1. The fourth-order valence-electron chi connectivity index (χ4n) is 4.94. The van der Waals surface area contributed by atoms with Crippen molar-refractivity contribution in [1.29, 1.82) is 0 Å². The molecular weight excluding hydrogens is 517 g/mol. The standard InChI is InChI=1S/C27H32FN9O2.H2O/c1-16-11-22(33-23-12-17(2)35-36-23)34-25(31-16)19-7-9-27(39-4,10-8-19)26(38)32-18(3)20-5-6-24(29-13-20)37-15-21(28)14-30-37;/h5-6,11-15,18-19H,7-10H2,1-4H3,(H,32,38)(H2,31,33,34,35,36);1H2/t18-,19?,27?;/m0./s1. The second-order valence-corrected chi connectivity index (χ2v) is 10.0. The summed E-state index contributed by atoms with van der Waals surface area (Å²) in [5.74, 6) is 2.16. The molecule has 0 aliphatic heterocycles. The fourth-order valence-corrected chi connectivity index (χ4v) is 4.94. The first-order valence-electron chi connectivity index (χ1n) is 12.9. The Morgan fingerprint density at radius 3 is 2.55 bits per heavy atom. The molecule has 1 aliphatic rings. The summed E-state index contributed by atoms with van der Waals surface area (Å²) in [6.45, 7) is 5.78. The van der Waals surface area contributed by atoms with Gasteiger partial charge in [-0.15, -0.1) is 0 Å². The predicted octanol–water partition coefficient (Wildman–Crippen LogP) is 3.38. The molecule has 0 aromatic carbocycles. The summed E-state index contributed by atoms with van der Waals surface area (Å²) >= 11 is 0. The van der Waals surface area contributed by atoms with Crippen molar-refractivity contribution in [2.24, 2.45) is 0 Å². The summed E-state index contributed by atoms with van der Waals surface area (Å²) in [4.78, 5) is 27.2. The highest BCUT2D eigenvalue weighted by Crippen LogP contribution is 2.39. The van der Waals surface area contributed by atoms with Gasteiger partial charge in [-0.1, -0.05) is 6.07 Å². The molecule has 0 bridgehead atoms. The average Bonchev–Trinajstić information content (AvgIpc) is 3.55. The molecule has 1 atom stereocenters. The molecule has 1 fully saturated rings. The van der Waals surface area contributed by atoms with Gasteiger partial charge < -0.3 is 20.8 Å². The van der Waals surface area contributed by atoms with Gasteiger partial charge in [0.05, 0.1) is 18.4 Å². The smallest absolute Gasteiger partial charge is 0.252 e. The van der Waals surface area contributed by atoms with Crippen LogP contribution >= 0.6 is 0 Å². The van der Waals surface area contributed by atoms with Crippen molar-refractivity contribution in [3.05, 3.63) is 71.4 Å². The molecule has 5 N–H and O–H groups in total. The van der Waals surface area contributed by atoms with Gasteiger partial charge in [-0.05, 0) is 58.1 Å². The Hall–Kier alpha value is -4.23. The highest BCUT2D eigenvalue weighted by Gasteiger charge is 2.43. The van der Waals surface area contributed by atoms with E-state index in [4.69, 9.17) is 9.72 Å². The van der Waals surface area contributed by atoms with Crippen molar-refractivity contribution < 1.29 is 19.4 Å². The number of aryl methyl sites for hydroxylation is 2. The third-order valence-corrected chi connectivity index (χ3v) is 7.20. The lowest BCUT2D eigenvalue weighted by molar-refractivity contribution is -0.148. The molecule has 1 aliphatic carbocycles. The van der Waals surface area contributed by atoms with Gasteiger partial charge in [0.15, 0.2) is 17.5 Å². The number of nitrogens with one attached hydrogen (secondary N) is 3. The Kier molecular flexibility index (Phi) is 8.55. The van der Waals surface area contributed by atoms with Gasteiger partial charge in [0.25, 0.3) is 5.91 Å². The molecule has 0 spiro atoms. The number of ether oxygens (including phenoxy) is 1. The number of rotatable bonds is 8. The molecule has 212 valence electrons. The number of aromatic nitrogens is 7.